The fraction of sp³-hybridized carbons (Fsp3) is 0.556. The maximum Gasteiger partial charge on any atom is 0.211 e. The zero-order valence-electron chi connectivity index (χ0n) is 13.4. The van der Waals surface area contributed by atoms with Crippen LogP contribution in [0, 0.1) is 11.5 Å². The highest BCUT2D eigenvalue weighted by molar-refractivity contribution is 6.31. The molecule has 2 N–H and O–H groups in total. The van der Waals surface area contributed by atoms with Gasteiger partial charge in [-0.05, 0) is 61.8 Å². The Labute approximate surface area is 143 Å². The topological polar surface area (TPSA) is 64.9 Å². The minimum atomic E-state index is 0.519. The van der Waals surface area contributed by atoms with Crippen LogP contribution in [0.3, 0.4) is 0 Å². The molecular formula is C18H24ClN3O. The maximum atomic E-state index is 10.4. The third-order valence-electron chi connectivity index (χ3n) is 4.60. The monoisotopic (exact) mass is 333 g/mol. The first kappa shape index (κ1) is 17.6. The Balaban J connectivity index is 0.000000229. The van der Waals surface area contributed by atoms with E-state index in [2.05, 4.69) is 10.6 Å². The van der Waals surface area contributed by atoms with Crippen LogP contribution in [0.15, 0.2) is 18.2 Å². The number of hydrogen-bond donors (Lipinski definition) is 2. The molecule has 1 aromatic carbocycles. The second kappa shape index (κ2) is 9.42. The molecule has 124 valence electrons. The van der Waals surface area contributed by atoms with Crippen molar-refractivity contribution in [2.45, 2.75) is 63.3 Å². The van der Waals surface area contributed by atoms with Gasteiger partial charge in [-0.1, -0.05) is 30.9 Å². The Bertz CT molecular complexity index is 546. The van der Waals surface area contributed by atoms with Crippen molar-refractivity contribution in [1.82, 2.24) is 5.32 Å². The lowest BCUT2D eigenvalue weighted by molar-refractivity contribution is -0.105. The summed E-state index contributed by atoms with van der Waals surface area (Å²) in [6, 6.07) is 6.36. The van der Waals surface area contributed by atoms with E-state index in [1.54, 1.807) is 6.07 Å². The number of anilines is 1. The first-order valence-electron chi connectivity index (χ1n) is 8.38. The molecule has 4 nitrogen and oxygen atoms in total. The molecular weight excluding hydrogens is 310 g/mol. The Morgan fingerprint density at radius 1 is 1.09 bits per heavy atom. The lowest BCUT2D eigenvalue weighted by Crippen LogP contribution is -2.31. The Morgan fingerprint density at radius 2 is 1.83 bits per heavy atom. The minimum absolute atomic E-state index is 0.519. The van der Waals surface area contributed by atoms with Gasteiger partial charge in [0, 0.05) is 16.8 Å². The molecule has 0 atom stereocenters. The average molecular weight is 334 g/mol. The van der Waals surface area contributed by atoms with Gasteiger partial charge in [0.15, 0.2) is 6.19 Å². The molecule has 0 saturated heterocycles. The van der Waals surface area contributed by atoms with Crippen LogP contribution in [0.4, 0.5) is 5.69 Å². The quantitative estimate of drug-likeness (QED) is 0.482. The molecule has 2 aliphatic carbocycles. The molecule has 2 saturated carbocycles. The molecule has 1 aromatic rings. The van der Waals surface area contributed by atoms with Crippen LogP contribution >= 0.6 is 11.6 Å². The van der Waals surface area contributed by atoms with Crippen LogP contribution in [-0.2, 0) is 4.79 Å². The molecule has 0 bridgehead atoms. The van der Waals surface area contributed by atoms with Crippen molar-refractivity contribution in [3.63, 3.8) is 0 Å². The molecule has 0 aromatic heterocycles. The van der Waals surface area contributed by atoms with Gasteiger partial charge in [0.1, 0.15) is 0 Å². The third-order valence-corrected chi connectivity index (χ3v) is 4.81. The summed E-state index contributed by atoms with van der Waals surface area (Å²) in [7, 11) is 0. The highest BCUT2D eigenvalue weighted by atomic mass is 35.5. The number of nitrogens with one attached hydrogen (secondary N) is 2. The van der Waals surface area contributed by atoms with E-state index < -0.39 is 0 Å². The molecule has 23 heavy (non-hydrogen) atoms. The summed E-state index contributed by atoms with van der Waals surface area (Å²) in [4.78, 5) is 10.4. The molecule has 0 spiro atoms. The number of rotatable bonds is 4. The number of nitrogens with zero attached hydrogens (tertiary/aromatic N) is 1. The van der Waals surface area contributed by atoms with Crippen molar-refractivity contribution in [3.05, 3.63) is 28.8 Å². The van der Waals surface area contributed by atoms with Crippen LogP contribution in [0.25, 0.3) is 0 Å². The number of carbonyl (C=O) groups excluding carboxylic acids is 1. The van der Waals surface area contributed by atoms with E-state index in [1.165, 1.54) is 56.9 Å². The van der Waals surface area contributed by atoms with Gasteiger partial charge in [-0.15, -0.1) is 0 Å². The van der Waals surface area contributed by atoms with Crippen LogP contribution in [0.1, 0.15) is 62.8 Å². The van der Waals surface area contributed by atoms with Gasteiger partial charge in [0.25, 0.3) is 0 Å². The van der Waals surface area contributed by atoms with Crippen molar-refractivity contribution in [1.29, 1.82) is 5.26 Å². The second-order valence-corrected chi connectivity index (χ2v) is 6.69. The Kier molecular flexibility index (Phi) is 7.22. The van der Waals surface area contributed by atoms with Crippen LogP contribution in [0.2, 0.25) is 5.02 Å². The summed E-state index contributed by atoms with van der Waals surface area (Å²) in [5.41, 5.74) is 2.06. The van der Waals surface area contributed by atoms with Crippen molar-refractivity contribution in [3.8, 4) is 6.19 Å². The molecule has 2 aliphatic rings. The summed E-state index contributed by atoms with van der Waals surface area (Å²) >= 11 is 6.05. The summed E-state index contributed by atoms with van der Waals surface area (Å²) in [5.74, 6) is 0.611. The van der Waals surface area contributed by atoms with E-state index in [9.17, 15) is 4.79 Å². The highest BCUT2D eigenvalue weighted by Crippen LogP contribution is 2.35. The number of carbonyl (C=O) groups is 1. The first-order chi connectivity index (χ1) is 11.2. The van der Waals surface area contributed by atoms with Crippen molar-refractivity contribution in [2.24, 2.45) is 0 Å². The van der Waals surface area contributed by atoms with E-state index in [4.69, 9.17) is 16.9 Å². The predicted octanol–water partition coefficient (Wildman–Crippen LogP) is 4.57. The Morgan fingerprint density at radius 3 is 2.35 bits per heavy atom. The zero-order valence-corrected chi connectivity index (χ0v) is 14.1. The van der Waals surface area contributed by atoms with Gasteiger partial charge in [-0.2, -0.15) is 5.26 Å². The van der Waals surface area contributed by atoms with Crippen molar-refractivity contribution in [2.75, 3.05) is 5.32 Å². The van der Waals surface area contributed by atoms with Crippen LogP contribution in [-0.4, -0.2) is 12.5 Å². The number of amides is 1. The van der Waals surface area contributed by atoms with E-state index in [0.717, 1.165) is 5.69 Å². The van der Waals surface area contributed by atoms with Gasteiger partial charge in [-0.25, -0.2) is 0 Å². The van der Waals surface area contributed by atoms with E-state index in [-0.39, 0.29) is 0 Å². The second-order valence-electron chi connectivity index (χ2n) is 6.25. The lowest BCUT2D eigenvalue weighted by atomic mass is 9.84. The van der Waals surface area contributed by atoms with Crippen molar-refractivity contribution < 1.29 is 4.79 Å². The molecule has 1 amide bonds. The Hall–Kier alpha value is -1.73. The van der Waals surface area contributed by atoms with E-state index in [1.807, 2.05) is 18.3 Å². The largest absolute Gasteiger partial charge is 0.329 e. The maximum absolute atomic E-state index is 10.4. The summed E-state index contributed by atoms with van der Waals surface area (Å²) < 4.78 is 0. The number of halogens is 1. The van der Waals surface area contributed by atoms with Gasteiger partial charge in [0.05, 0.1) is 0 Å². The van der Waals surface area contributed by atoms with Crippen LogP contribution < -0.4 is 10.6 Å². The summed E-state index contributed by atoms with van der Waals surface area (Å²) in [5, 5.41) is 14.1. The summed E-state index contributed by atoms with van der Waals surface area (Å²) in [6.45, 7) is 0. The zero-order chi connectivity index (χ0) is 16.5. The number of hydrogen-bond acceptors (Lipinski definition) is 3. The number of benzene rings is 1. The minimum Gasteiger partial charge on any atom is -0.329 e. The average Bonchev–Trinajstić information content (AvgIpc) is 2.52. The molecule has 2 fully saturated rings. The fourth-order valence-corrected chi connectivity index (χ4v) is 3.32. The van der Waals surface area contributed by atoms with Crippen molar-refractivity contribution >= 4 is 23.7 Å². The molecule has 0 radical (unpaired) electrons. The van der Waals surface area contributed by atoms with Gasteiger partial charge < -0.3 is 10.6 Å². The summed E-state index contributed by atoms with van der Waals surface area (Å²) in [6.07, 6.45) is 12.7. The smallest absolute Gasteiger partial charge is 0.211 e. The predicted molar refractivity (Wildman–Crippen MR) is 93.4 cm³/mol. The SMILES string of the molecule is N#CNC1CCC1.O=CNc1cc(Cl)cc(C2CCCCC2)c1. The number of nitriles is 1. The molecule has 0 heterocycles. The van der Waals surface area contributed by atoms with Gasteiger partial charge in [0.2, 0.25) is 6.41 Å². The van der Waals surface area contributed by atoms with Crippen LogP contribution in [0.5, 0.6) is 0 Å². The molecule has 5 heteroatoms. The molecule has 0 unspecified atom stereocenters. The lowest BCUT2D eigenvalue weighted by Gasteiger charge is -2.22. The third kappa shape index (κ3) is 5.76. The molecule has 0 aliphatic heterocycles. The fourth-order valence-electron chi connectivity index (χ4n) is 3.08. The van der Waals surface area contributed by atoms with Gasteiger partial charge in [-0.3, -0.25) is 4.79 Å². The van der Waals surface area contributed by atoms with E-state index in [0.29, 0.717) is 23.4 Å². The first-order valence-corrected chi connectivity index (χ1v) is 8.76. The van der Waals surface area contributed by atoms with E-state index >= 15 is 0 Å². The normalized spacial score (nSPS) is 17.9. The highest BCUT2D eigenvalue weighted by Gasteiger charge is 2.16. The molecule has 3 rings (SSSR count). The standard InChI is InChI=1S/C13H16ClNO.C5H8N2/c14-12-6-11(7-13(8-12)15-9-16)10-4-2-1-3-5-10;6-4-7-5-2-1-3-5/h6-10H,1-5H2,(H,15,16);5,7H,1-3H2. The van der Waals surface area contributed by atoms with Gasteiger partial charge >= 0.3 is 0 Å².